The first kappa shape index (κ1) is 12.9. The van der Waals surface area contributed by atoms with Gasteiger partial charge in [-0.15, -0.1) is 0 Å². The third kappa shape index (κ3) is 7.15. The van der Waals surface area contributed by atoms with E-state index in [0.29, 0.717) is 0 Å². The Hall–Kier alpha value is 1.25. The molecule has 0 aliphatic rings. The van der Waals surface area contributed by atoms with Gasteiger partial charge in [-0.2, -0.15) is 0 Å². The Morgan fingerprint density at radius 2 is 2.33 bits per heavy atom. The van der Waals surface area contributed by atoms with Crippen LogP contribution in [0.3, 0.4) is 0 Å². The first-order valence-corrected chi connectivity index (χ1v) is 4.80. The second-order valence-corrected chi connectivity index (χ2v) is 2.41. The zero-order valence-electron chi connectivity index (χ0n) is 4.43. The molecule has 0 amide bonds. The Bertz CT molecular complexity index is 89.1. The third-order valence-corrected chi connectivity index (χ3v) is 1.26. The van der Waals surface area contributed by atoms with Gasteiger partial charge < -0.3 is 8.90 Å². The Labute approximate surface area is 86.3 Å². The first-order chi connectivity index (χ1) is 3.68. The van der Waals surface area contributed by atoms with Crippen LogP contribution in [0.1, 0.15) is 6.92 Å². The van der Waals surface area contributed by atoms with Gasteiger partial charge in [0.25, 0.3) is 5.97 Å². The van der Waals surface area contributed by atoms with E-state index in [1.807, 2.05) is 0 Å². The molecule has 0 spiro atoms. The molecule has 0 saturated heterocycles. The van der Waals surface area contributed by atoms with Gasteiger partial charge in [-0.1, -0.05) is 0 Å². The number of hydrogen-bond donors (Lipinski definition) is 1. The second kappa shape index (κ2) is 7.36. The van der Waals surface area contributed by atoms with Gasteiger partial charge in [0, 0.05) is 0 Å². The number of carbonyl (C=O) groups is 1. The molecule has 1 atom stereocenters. The average molecular weight is 177 g/mol. The van der Waals surface area contributed by atoms with E-state index in [0.717, 1.165) is 0 Å². The summed E-state index contributed by atoms with van der Waals surface area (Å²) >= 11 is -1.21. The molecule has 0 heterocycles. The van der Waals surface area contributed by atoms with Crippen molar-refractivity contribution in [3.8, 4) is 0 Å². The summed E-state index contributed by atoms with van der Waals surface area (Å²) < 4.78 is 4.32. The van der Waals surface area contributed by atoms with Crippen LogP contribution >= 0.6 is 10.0 Å². The molecular weight excluding hydrogens is 169 g/mol. The summed E-state index contributed by atoms with van der Waals surface area (Å²) in [7, 11) is 5.13. The molecule has 0 rings (SSSR count). The Kier molecular flexibility index (Phi) is 10.5. The normalized spacial score (nSPS) is 11.0. The maximum absolute atomic E-state index is 10.2. The van der Waals surface area contributed by atoms with Crippen LogP contribution in [-0.2, 0) is 8.58 Å². The zero-order valence-corrected chi connectivity index (χ0v) is 6.60. The van der Waals surface area contributed by atoms with Crippen molar-refractivity contribution in [3.05, 3.63) is 0 Å². The molecule has 0 fully saturated rings. The molecule has 1 unspecified atom stereocenters. The molecule has 0 saturated carbocycles. The van der Waals surface area contributed by atoms with E-state index >= 15 is 0 Å². The van der Waals surface area contributed by atoms with Crippen LogP contribution in [0.4, 0.5) is 0 Å². The van der Waals surface area contributed by atoms with Crippen molar-refractivity contribution in [1.29, 1.82) is 0 Å². The molecular formula is C3H7AlClNaO3. The molecule has 3 nitrogen and oxygen atoms in total. The number of carbonyl (C=O) groups excluding carboxylic acids is 1. The summed E-state index contributed by atoms with van der Waals surface area (Å²) in [5.74, 6) is -0.633. The van der Waals surface area contributed by atoms with Gasteiger partial charge in [0.2, 0.25) is 0 Å². The third-order valence-electron chi connectivity index (χ3n) is 0.538. The summed E-state index contributed by atoms with van der Waals surface area (Å²) in [6.07, 6.45) is -1.04. The van der Waals surface area contributed by atoms with Crippen molar-refractivity contribution in [3.63, 3.8) is 0 Å². The molecule has 0 bridgehead atoms. The zero-order chi connectivity index (χ0) is 6.57. The molecule has 0 aliphatic carbocycles. The fourth-order valence-electron chi connectivity index (χ4n) is 0.174. The van der Waals surface area contributed by atoms with Crippen LogP contribution in [0.5, 0.6) is 0 Å². The Balaban J connectivity index is 0. The van der Waals surface area contributed by atoms with Crippen LogP contribution in [-0.4, -0.2) is 61.4 Å². The van der Waals surface area contributed by atoms with Crippen LogP contribution < -0.4 is 0 Å². The molecule has 0 radical (unpaired) electrons. The average Bonchev–Trinajstić information content (AvgIpc) is 1.67. The van der Waals surface area contributed by atoms with Gasteiger partial charge in [-0.3, -0.25) is 4.79 Å². The number of hydrogen-bond acceptors (Lipinski definition) is 3. The van der Waals surface area contributed by atoms with Gasteiger partial charge in [-0.05, 0) is 6.92 Å². The molecule has 0 aliphatic heterocycles. The van der Waals surface area contributed by atoms with E-state index in [2.05, 4.69) is 3.79 Å². The predicted octanol–water partition coefficient (Wildman–Crippen LogP) is -1.23. The number of aliphatic hydroxyl groups excluding tert-OH is 1. The molecule has 0 aromatic rings. The monoisotopic (exact) mass is 176 g/mol. The van der Waals surface area contributed by atoms with Crippen molar-refractivity contribution in [2.75, 3.05) is 0 Å². The minimum atomic E-state index is -1.21. The van der Waals surface area contributed by atoms with Crippen LogP contribution in [0.25, 0.3) is 0 Å². The van der Waals surface area contributed by atoms with Crippen LogP contribution in [0, 0.1) is 0 Å². The Morgan fingerprint density at radius 3 is 2.44 bits per heavy atom. The van der Waals surface area contributed by atoms with Crippen LogP contribution in [0.15, 0.2) is 0 Å². The van der Waals surface area contributed by atoms with Gasteiger partial charge in [0.1, 0.15) is 6.10 Å². The standard InChI is InChI=1S/C3H6O3.Al.ClH.Na.2H/c1-2(4)3(5)6;;;;;/h2,4H,1H3,(H,5,6);;1H;;;/q;+2;;;;/p-2. The van der Waals surface area contributed by atoms with Gasteiger partial charge in [-0.25, -0.2) is 10.0 Å². The van der Waals surface area contributed by atoms with Crippen molar-refractivity contribution in [2.45, 2.75) is 13.0 Å². The molecule has 1 N–H and O–H groups in total. The quantitative estimate of drug-likeness (QED) is 0.536. The van der Waals surface area contributed by atoms with Crippen molar-refractivity contribution < 1.29 is 13.7 Å². The Morgan fingerprint density at radius 1 is 1.89 bits per heavy atom. The van der Waals surface area contributed by atoms with E-state index < -0.39 is 26.7 Å². The first-order valence-electron chi connectivity index (χ1n) is 2.09. The summed E-state index contributed by atoms with van der Waals surface area (Å²) in [5, 5.41) is 8.44. The number of halogens is 1. The molecule has 9 heavy (non-hydrogen) atoms. The van der Waals surface area contributed by atoms with Gasteiger partial charge in [0.05, 0.1) is 0 Å². The van der Waals surface area contributed by atoms with Gasteiger partial charge >= 0.3 is 44.2 Å². The topological polar surface area (TPSA) is 46.5 Å². The summed E-state index contributed by atoms with van der Waals surface area (Å²) in [5.41, 5.74) is 0. The SMILES string of the molecule is CC(O)C(=O)[O][AlH][Cl].[NaH]. The molecule has 48 valence electrons. The predicted molar refractivity (Wildman–Crippen MR) is 37.9 cm³/mol. The van der Waals surface area contributed by atoms with E-state index in [4.69, 9.17) is 15.2 Å². The summed E-state index contributed by atoms with van der Waals surface area (Å²) in [4.78, 5) is 10.2. The molecule has 0 aromatic carbocycles. The van der Waals surface area contributed by atoms with Crippen LogP contribution in [0.2, 0.25) is 0 Å². The van der Waals surface area contributed by atoms with E-state index in [-0.39, 0.29) is 29.6 Å². The summed E-state index contributed by atoms with van der Waals surface area (Å²) in [6.45, 7) is 1.34. The minimum absolute atomic E-state index is 0. The fourth-order valence-corrected chi connectivity index (χ4v) is 0.846. The van der Waals surface area contributed by atoms with E-state index in [1.54, 1.807) is 0 Å². The number of aliphatic hydroxyl groups is 1. The molecule has 0 aromatic heterocycles. The van der Waals surface area contributed by atoms with E-state index in [1.165, 1.54) is 6.92 Å². The van der Waals surface area contributed by atoms with Gasteiger partial charge in [0.15, 0.2) is 0 Å². The second-order valence-electron chi connectivity index (χ2n) is 1.25. The van der Waals surface area contributed by atoms with E-state index in [9.17, 15) is 4.79 Å². The maximum atomic E-state index is 10.2. The summed E-state index contributed by atoms with van der Waals surface area (Å²) in [6, 6.07) is 0. The van der Waals surface area contributed by atoms with Crippen molar-refractivity contribution in [2.24, 2.45) is 0 Å². The van der Waals surface area contributed by atoms with Crippen molar-refractivity contribution in [1.82, 2.24) is 0 Å². The fraction of sp³-hybridized carbons (Fsp3) is 0.667. The number of rotatable bonds is 2. The molecule has 6 heteroatoms. The van der Waals surface area contributed by atoms with Crippen molar-refractivity contribution >= 4 is 60.2 Å².